The highest BCUT2D eigenvalue weighted by atomic mass is 16.4. The molecule has 1 aliphatic rings. The molecule has 0 radical (unpaired) electrons. The predicted octanol–water partition coefficient (Wildman–Crippen LogP) is -1.82. The lowest BCUT2D eigenvalue weighted by Crippen LogP contribution is -2.72. The van der Waals surface area contributed by atoms with E-state index in [9.17, 15) is 58.5 Å². The number of fused-ring (bicyclic) bond motifs is 1. The lowest BCUT2D eigenvalue weighted by molar-refractivity contribution is -0.168. The van der Waals surface area contributed by atoms with E-state index in [0.717, 1.165) is 13.8 Å². The van der Waals surface area contributed by atoms with Crippen molar-refractivity contribution in [3.63, 3.8) is 0 Å². The number of primary amides is 2. The molecule has 0 aliphatic carbocycles. The van der Waals surface area contributed by atoms with Crippen molar-refractivity contribution in [1.29, 1.82) is 0 Å². The standard InChI is InChI=1S/C70H80N16O16/c1-37-60(92)79-51(28-40-14-8-5-9-15-40)68(100)85-70(3,69(101)102)86(56(59(73)91)29-42-20-24-46(88)25-21-42)58(90)33-55(81-62(94)48(71)26-41-18-22-45(87)23-19-41)67(99)83-53(31-44-35-74-36-76-44)66(98)82-50(27-39-12-6-4-7-13-39)63(95)77-38(2)61(93)80-52(30-43-34-75-49-17-11-10-16-47(43)49)65(97)84-54(32-57(72)89)64(96)78-37/h4-25,34-38,48,50-56,75,87-88H,26-33,71H2,1-3H3,(H2,72,89)(H2,73,91)(H,74,76)(H,77,95)(H,78,96)(H,79,92)(H,80,93)(H,81,94)(H,82,98)(H,83,99)(H,84,97)(H,85,100)(H,101,102)/t37-,38-,48-,50+,51-,52-,53-,54-,55-,56-,70-/m0/s1. The highest BCUT2D eigenvalue weighted by molar-refractivity contribution is 6.02. The quantitative estimate of drug-likeness (QED) is 0.0424. The monoisotopic (exact) mass is 1400 g/mol. The fourth-order valence-electron chi connectivity index (χ4n) is 11.4. The molecule has 32 nitrogen and oxygen atoms in total. The average molecular weight is 1400 g/mol. The molecule has 32 heteroatoms. The molecule has 7 aromatic rings. The minimum Gasteiger partial charge on any atom is -0.508 e. The van der Waals surface area contributed by atoms with Crippen molar-refractivity contribution in [3.8, 4) is 11.5 Å². The highest BCUT2D eigenvalue weighted by Gasteiger charge is 2.51. The summed E-state index contributed by atoms with van der Waals surface area (Å²) in [6.45, 7) is 3.22. The number of phenols is 2. The number of carbonyl (C=O) groups excluding carboxylic acids is 12. The number of carboxylic acids is 1. The lowest BCUT2D eigenvalue weighted by atomic mass is 9.97. The zero-order chi connectivity index (χ0) is 73.9. The number of amides is 12. The van der Waals surface area contributed by atoms with Gasteiger partial charge in [-0.3, -0.25) is 62.4 Å². The molecule has 1 aliphatic heterocycles. The lowest BCUT2D eigenvalue weighted by Gasteiger charge is -2.43. The first-order valence-corrected chi connectivity index (χ1v) is 32.4. The van der Waals surface area contributed by atoms with Gasteiger partial charge in [0.1, 0.15) is 65.9 Å². The molecule has 3 heterocycles. The van der Waals surface area contributed by atoms with Crippen LogP contribution in [0.2, 0.25) is 0 Å². The number of hydrogen-bond donors (Lipinski definition) is 17. The molecule has 8 rings (SSSR count). The van der Waals surface area contributed by atoms with Crippen molar-refractivity contribution in [1.82, 2.24) is 67.7 Å². The number of nitrogens with two attached hydrogens (primary N) is 3. The van der Waals surface area contributed by atoms with Gasteiger partial charge in [-0.1, -0.05) is 103 Å². The molecule has 102 heavy (non-hydrogen) atoms. The molecule has 0 spiro atoms. The molecular weight excluding hydrogens is 1320 g/mol. The molecule has 12 amide bonds. The molecule has 0 saturated carbocycles. The Balaban J connectivity index is 1.27. The zero-order valence-corrected chi connectivity index (χ0v) is 55.6. The van der Waals surface area contributed by atoms with Crippen molar-refractivity contribution < 1.29 is 77.6 Å². The Hall–Kier alpha value is -12.5. The Morgan fingerprint density at radius 1 is 0.559 bits per heavy atom. The summed E-state index contributed by atoms with van der Waals surface area (Å²) in [4.78, 5) is 200. The Morgan fingerprint density at radius 3 is 1.56 bits per heavy atom. The first-order valence-electron chi connectivity index (χ1n) is 32.4. The number of phenolic OH excluding ortho intramolecular Hbond substituents is 2. The van der Waals surface area contributed by atoms with Gasteiger partial charge in [0.25, 0.3) is 0 Å². The van der Waals surface area contributed by atoms with Gasteiger partial charge in [-0.2, -0.15) is 0 Å². The highest BCUT2D eigenvalue weighted by Crippen LogP contribution is 2.25. The van der Waals surface area contributed by atoms with Gasteiger partial charge in [0.05, 0.1) is 30.9 Å². The Kier molecular flexibility index (Phi) is 25.3. The SMILES string of the molecule is C[C@@H]1NC(=O)[C@H](CC(N)=O)NC(=O)[C@H](Cc2c[nH]c3ccccc23)NC(=O)[C@H](C)NC(=O)[C@@H](Cc2ccccc2)NC(=O)[C@H](Cc2c[nH]cn2)NC(=O)[C@@H](NC(=O)[C@@H](N)Cc2ccc(O)cc2)CC(=O)N([C@@H](Cc2ccc(O)cc2)C(N)=O)[C@@](C)(C(=O)O)NC(=O)[C@H](Cc2ccccc2)NC1=O. The van der Waals surface area contributed by atoms with Gasteiger partial charge >= 0.3 is 5.97 Å². The van der Waals surface area contributed by atoms with Crippen LogP contribution in [0.25, 0.3) is 10.9 Å². The number of aliphatic carboxylic acids is 1. The number of aromatic nitrogens is 3. The van der Waals surface area contributed by atoms with Gasteiger partial charge < -0.3 is 90.3 Å². The number of nitrogens with zero attached hydrogens (tertiary/aromatic N) is 2. The number of imidazole rings is 1. The maximum Gasteiger partial charge on any atom is 0.350 e. The summed E-state index contributed by atoms with van der Waals surface area (Å²) in [7, 11) is 0. The van der Waals surface area contributed by atoms with E-state index >= 15 is 19.2 Å². The summed E-state index contributed by atoms with van der Waals surface area (Å²) in [6.07, 6.45) is -0.411. The molecule has 20 N–H and O–H groups in total. The second kappa shape index (κ2) is 34.3. The van der Waals surface area contributed by atoms with Crippen LogP contribution in [0.4, 0.5) is 0 Å². The van der Waals surface area contributed by atoms with Gasteiger partial charge in [-0.05, 0) is 85.3 Å². The summed E-state index contributed by atoms with van der Waals surface area (Å²) in [5.41, 5.74) is 17.6. The van der Waals surface area contributed by atoms with Gasteiger partial charge in [-0.25, -0.2) is 9.78 Å². The van der Waals surface area contributed by atoms with Crippen molar-refractivity contribution in [2.45, 2.75) is 138 Å². The van der Waals surface area contributed by atoms with Gasteiger partial charge in [0.15, 0.2) is 0 Å². The summed E-state index contributed by atoms with van der Waals surface area (Å²) in [5.74, 6) is -16.7. The summed E-state index contributed by atoms with van der Waals surface area (Å²) in [6, 6.07) is 15.8. The maximum atomic E-state index is 15.8. The molecule has 0 bridgehead atoms. The summed E-state index contributed by atoms with van der Waals surface area (Å²) >= 11 is 0. The minimum atomic E-state index is -3.17. The normalized spacial score (nSPS) is 22.5. The molecule has 536 valence electrons. The minimum absolute atomic E-state index is 0.124. The van der Waals surface area contributed by atoms with Gasteiger partial charge in [0, 0.05) is 55.4 Å². The fourth-order valence-corrected chi connectivity index (χ4v) is 11.4. The number of rotatable bonds is 19. The third kappa shape index (κ3) is 20.3. The first kappa shape index (κ1) is 75.3. The Morgan fingerprint density at radius 2 is 1.03 bits per heavy atom. The number of carbonyl (C=O) groups is 13. The number of para-hydroxylation sites is 1. The van der Waals surface area contributed by atoms with E-state index < -0.39 is 175 Å². The zero-order valence-electron chi connectivity index (χ0n) is 55.6. The molecule has 1 saturated heterocycles. The second-order valence-corrected chi connectivity index (χ2v) is 24.8. The smallest absolute Gasteiger partial charge is 0.350 e. The molecule has 0 unspecified atom stereocenters. The van der Waals surface area contributed by atoms with Crippen LogP contribution in [0.3, 0.4) is 0 Å². The predicted molar refractivity (Wildman–Crippen MR) is 365 cm³/mol. The topological polar surface area (TPSA) is 517 Å². The summed E-state index contributed by atoms with van der Waals surface area (Å²) in [5, 5.41) is 54.8. The van der Waals surface area contributed by atoms with Crippen LogP contribution in [0.5, 0.6) is 11.5 Å². The van der Waals surface area contributed by atoms with E-state index in [1.165, 1.54) is 68.0 Å². The Labute approximate surface area is 583 Å². The van der Waals surface area contributed by atoms with Crippen molar-refractivity contribution in [3.05, 3.63) is 186 Å². The Bertz CT molecular complexity index is 4200. The van der Waals surface area contributed by atoms with E-state index in [4.69, 9.17) is 17.2 Å². The van der Waals surface area contributed by atoms with Crippen LogP contribution in [0.15, 0.2) is 152 Å². The van der Waals surface area contributed by atoms with E-state index in [0.29, 0.717) is 38.1 Å². The summed E-state index contributed by atoms with van der Waals surface area (Å²) < 4.78 is 0. The maximum absolute atomic E-state index is 15.8. The van der Waals surface area contributed by atoms with E-state index in [1.54, 1.807) is 91.1 Å². The number of H-pyrrole nitrogens is 2. The van der Waals surface area contributed by atoms with Crippen LogP contribution in [-0.2, 0) is 101 Å². The van der Waals surface area contributed by atoms with Crippen LogP contribution >= 0.6 is 0 Å². The van der Waals surface area contributed by atoms with E-state index in [-0.39, 0.29) is 42.0 Å². The molecule has 2 aromatic heterocycles. The number of benzene rings is 5. The average Bonchev–Trinajstić information content (AvgIpc) is 0.927. The number of nitrogens with one attached hydrogen (secondary N) is 11. The van der Waals surface area contributed by atoms with Crippen LogP contribution in [0, 0.1) is 0 Å². The number of aromatic amines is 2. The fraction of sp³-hybridized carbons (Fsp3) is 0.314. The van der Waals surface area contributed by atoms with Crippen molar-refractivity contribution in [2.24, 2.45) is 17.2 Å². The van der Waals surface area contributed by atoms with Crippen molar-refractivity contribution >= 4 is 87.8 Å². The van der Waals surface area contributed by atoms with Crippen LogP contribution in [0.1, 0.15) is 67.1 Å². The van der Waals surface area contributed by atoms with Crippen LogP contribution in [-0.4, -0.2) is 178 Å². The number of hydrogen-bond acceptors (Lipinski definition) is 17. The largest absolute Gasteiger partial charge is 0.508 e. The van der Waals surface area contributed by atoms with E-state index in [1.807, 2.05) is 0 Å². The number of carboxylic acid groups (broad SMARTS) is 1. The van der Waals surface area contributed by atoms with E-state index in [2.05, 4.69) is 62.8 Å². The molecule has 5 aromatic carbocycles. The van der Waals surface area contributed by atoms with Crippen LogP contribution < -0.4 is 65.1 Å². The van der Waals surface area contributed by atoms with Gasteiger partial charge in [0.2, 0.25) is 76.5 Å². The number of aromatic hydroxyl groups is 2. The molecule has 11 atom stereocenters. The third-order valence-electron chi connectivity index (χ3n) is 17.0. The second-order valence-electron chi connectivity index (χ2n) is 24.8. The van der Waals surface area contributed by atoms with Crippen molar-refractivity contribution in [2.75, 3.05) is 0 Å². The first-order chi connectivity index (χ1) is 48.5. The van der Waals surface area contributed by atoms with Gasteiger partial charge in [-0.15, -0.1) is 0 Å². The molecular formula is C70H80N16O16. The molecule has 1 fully saturated rings. The third-order valence-corrected chi connectivity index (χ3v) is 17.0.